The lowest BCUT2D eigenvalue weighted by atomic mass is 9.93. The minimum absolute atomic E-state index is 0.0218. The molecule has 0 saturated heterocycles. The predicted octanol–water partition coefficient (Wildman–Crippen LogP) is 2.76. The second-order valence-electron chi connectivity index (χ2n) is 4.82. The third-order valence-electron chi connectivity index (χ3n) is 3.55. The van der Waals surface area contributed by atoms with Crippen LogP contribution < -0.4 is 0 Å². The van der Waals surface area contributed by atoms with Crippen molar-refractivity contribution in [2.45, 2.75) is 44.9 Å². The molecule has 1 aromatic rings. The van der Waals surface area contributed by atoms with Crippen molar-refractivity contribution in [3.8, 4) is 5.75 Å². The average molecular weight is 220 g/mol. The molecular formula is C14H20O2. The van der Waals surface area contributed by atoms with E-state index in [9.17, 15) is 5.11 Å². The third kappa shape index (κ3) is 2.22. The Morgan fingerprint density at radius 3 is 2.38 bits per heavy atom. The molecule has 16 heavy (non-hydrogen) atoms. The molecule has 2 rings (SSSR count). The molecule has 1 aromatic carbocycles. The first-order valence-corrected chi connectivity index (χ1v) is 6.18. The Morgan fingerprint density at radius 1 is 1.12 bits per heavy atom. The van der Waals surface area contributed by atoms with E-state index in [1.807, 2.05) is 13.0 Å². The van der Waals surface area contributed by atoms with E-state index in [2.05, 4.69) is 6.07 Å². The molecule has 1 aliphatic rings. The van der Waals surface area contributed by atoms with Gasteiger partial charge in [0.05, 0.1) is 0 Å². The summed E-state index contributed by atoms with van der Waals surface area (Å²) in [5.74, 6) is 0.371. The van der Waals surface area contributed by atoms with Crippen molar-refractivity contribution in [1.29, 1.82) is 0 Å². The zero-order valence-corrected chi connectivity index (χ0v) is 9.87. The summed E-state index contributed by atoms with van der Waals surface area (Å²) in [5, 5.41) is 19.1. The van der Waals surface area contributed by atoms with Gasteiger partial charge in [-0.05, 0) is 48.4 Å². The summed E-state index contributed by atoms with van der Waals surface area (Å²) in [7, 11) is 0. The molecule has 1 unspecified atom stereocenters. The van der Waals surface area contributed by atoms with Crippen LogP contribution >= 0.6 is 0 Å². The summed E-state index contributed by atoms with van der Waals surface area (Å²) in [6, 6.07) is 4.00. The van der Waals surface area contributed by atoms with E-state index in [0.717, 1.165) is 18.4 Å². The fourth-order valence-corrected chi connectivity index (χ4v) is 2.46. The standard InChI is InChI=1S/C14H20O2/c1-10(9-15)13-7-11-5-3-2-4-6-12(11)8-14(13)16/h7-8,10,15-16H,2-6,9H2,1H3. The van der Waals surface area contributed by atoms with Crippen LogP contribution in [0.4, 0.5) is 0 Å². The Bertz CT molecular complexity index is 371. The molecule has 0 amide bonds. The zero-order chi connectivity index (χ0) is 11.5. The minimum atomic E-state index is 0.0218. The van der Waals surface area contributed by atoms with Crippen LogP contribution in [0.1, 0.15) is 48.8 Å². The van der Waals surface area contributed by atoms with Crippen LogP contribution in [0.2, 0.25) is 0 Å². The molecule has 2 N–H and O–H groups in total. The van der Waals surface area contributed by atoms with Gasteiger partial charge in [0.15, 0.2) is 0 Å². The first-order chi connectivity index (χ1) is 7.72. The fourth-order valence-electron chi connectivity index (χ4n) is 2.46. The molecule has 1 atom stereocenters. The molecule has 0 saturated carbocycles. The third-order valence-corrected chi connectivity index (χ3v) is 3.55. The first kappa shape index (κ1) is 11.5. The highest BCUT2D eigenvalue weighted by Gasteiger charge is 2.15. The van der Waals surface area contributed by atoms with Gasteiger partial charge in [0.1, 0.15) is 5.75 Å². The lowest BCUT2D eigenvalue weighted by molar-refractivity contribution is 0.270. The van der Waals surface area contributed by atoms with Crippen LogP contribution in [0.3, 0.4) is 0 Å². The van der Waals surface area contributed by atoms with Gasteiger partial charge in [-0.25, -0.2) is 0 Å². The molecule has 0 heterocycles. The van der Waals surface area contributed by atoms with E-state index < -0.39 is 0 Å². The number of phenols is 1. The van der Waals surface area contributed by atoms with Crippen LogP contribution in [0.25, 0.3) is 0 Å². The number of fused-ring (bicyclic) bond motifs is 1. The van der Waals surface area contributed by atoms with Crippen molar-refractivity contribution in [1.82, 2.24) is 0 Å². The second-order valence-corrected chi connectivity index (χ2v) is 4.82. The van der Waals surface area contributed by atoms with Crippen molar-refractivity contribution in [3.63, 3.8) is 0 Å². The SMILES string of the molecule is CC(CO)c1cc2c(cc1O)CCCCC2. The summed E-state index contributed by atoms with van der Waals surface area (Å²) in [5.41, 5.74) is 3.55. The van der Waals surface area contributed by atoms with Crippen LogP contribution in [-0.4, -0.2) is 16.8 Å². The molecule has 0 radical (unpaired) electrons. The number of aryl methyl sites for hydroxylation is 2. The van der Waals surface area contributed by atoms with E-state index in [4.69, 9.17) is 5.11 Å². The molecule has 0 aromatic heterocycles. The summed E-state index contributed by atoms with van der Waals surface area (Å²) >= 11 is 0. The van der Waals surface area contributed by atoms with Crippen LogP contribution in [-0.2, 0) is 12.8 Å². The quantitative estimate of drug-likeness (QED) is 0.752. The zero-order valence-electron chi connectivity index (χ0n) is 9.87. The molecular weight excluding hydrogens is 200 g/mol. The molecule has 2 heteroatoms. The van der Waals surface area contributed by atoms with E-state index in [0.29, 0.717) is 5.75 Å². The smallest absolute Gasteiger partial charge is 0.119 e. The molecule has 0 fully saturated rings. The number of benzene rings is 1. The molecule has 0 bridgehead atoms. The highest BCUT2D eigenvalue weighted by molar-refractivity contribution is 5.44. The summed E-state index contributed by atoms with van der Waals surface area (Å²) < 4.78 is 0. The monoisotopic (exact) mass is 220 g/mol. The second kappa shape index (κ2) is 4.88. The van der Waals surface area contributed by atoms with Gasteiger partial charge in [-0.15, -0.1) is 0 Å². The normalized spacial score (nSPS) is 17.6. The van der Waals surface area contributed by atoms with Gasteiger partial charge in [-0.1, -0.05) is 19.4 Å². The number of aliphatic hydroxyl groups is 1. The van der Waals surface area contributed by atoms with Crippen molar-refractivity contribution in [2.24, 2.45) is 0 Å². The molecule has 88 valence electrons. The molecule has 2 nitrogen and oxygen atoms in total. The van der Waals surface area contributed by atoms with Gasteiger partial charge in [0.2, 0.25) is 0 Å². The highest BCUT2D eigenvalue weighted by Crippen LogP contribution is 2.31. The highest BCUT2D eigenvalue weighted by atomic mass is 16.3. The van der Waals surface area contributed by atoms with Gasteiger partial charge >= 0.3 is 0 Å². The Morgan fingerprint density at radius 2 is 1.75 bits per heavy atom. The Labute approximate surface area is 96.9 Å². The van der Waals surface area contributed by atoms with Crippen molar-refractivity contribution < 1.29 is 10.2 Å². The molecule has 1 aliphatic carbocycles. The largest absolute Gasteiger partial charge is 0.508 e. The van der Waals surface area contributed by atoms with Crippen LogP contribution in [0, 0.1) is 0 Å². The summed E-state index contributed by atoms with van der Waals surface area (Å²) in [6.45, 7) is 2.03. The minimum Gasteiger partial charge on any atom is -0.508 e. The van der Waals surface area contributed by atoms with Crippen molar-refractivity contribution in [3.05, 3.63) is 28.8 Å². The van der Waals surface area contributed by atoms with E-state index in [1.165, 1.54) is 30.4 Å². The first-order valence-electron chi connectivity index (χ1n) is 6.18. The number of hydrogen-bond acceptors (Lipinski definition) is 2. The number of hydrogen-bond donors (Lipinski definition) is 2. The van der Waals surface area contributed by atoms with Crippen molar-refractivity contribution in [2.75, 3.05) is 6.61 Å². The van der Waals surface area contributed by atoms with Crippen LogP contribution in [0.5, 0.6) is 5.75 Å². The summed E-state index contributed by atoms with van der Waals surface area (Å²) in [4.78, 5) is 0. The Hall–Kier alpha value is -1.02. The molecule has 0 spiro atoms. The van der Waals surface area contributed by atoms with Gasteiger partial charge in [0, 0.05) is 12.5 Å². The lowest BCUT2D eigenvalue weighted by Gasteiger charge is -2.15. The predicted molar refractivity (Wildman–Crippen MR) is 64.9 cm³/mol. The number of aliphatic hydroxyl groups excluding tert-OH is 1. The van der Waals surface area contributed by atoms with E-state index in [-0.39, 0.29) is 12.5 Å². The van der Waals surface area contributed by atoms with Gasteiger partial charge < -0.3 is 10.2 Å². The number of phenolic OH excluding ortho intramolecular Hbond substituents is 1. The lowest BCUT2D eigenvalue weighted by Crippen LogP contribution is -2.02. The Kier molecular flexibility index (Phi) is 3.49. The summed E-state index contributed by atoms with van der Waals surface area (Å²) in [6.07, 6.45) is 5.93. The van der Waals surface area contributed by atoms with E-state index in [1.54, 1.807) is 0 Å². The topological polar surface area (TPSA) is 40.5 Å². The number of aromatic hydroxyl groups is 1. The molecule has 0 aliphatic heterocycles. The van der Waals surface area contributed by atoms with E-state index >= 15 is 0 Å². The maximum atomic E-state index is 9.95. The Balaban J connectivity index is 2.38. The number of rotatable bonds is 2. The fraction of sp³-hybridized carbons (Fsp3) is 0.571. The van der Waals surface area contributed by atoms with Gasteiger partial charge in [-0.2, -0.15) is 0 Å². The van der Waals surface area contributed by atoms with Crippen LogP contribution in [0.15, 0.2) is 12.1 Å². The van der Waals surface area contributed by atoms with Gasteiger partial charge in [0.25, 0.3) is 0 Å². The van der Waals surface area contributed by atoms with Crippen molar-refractivity contribution >= 4 is 0 Å². The maximum absolute atomic E-state index is 9.95. The maximum Gasteiger partial charge on any atom is 0.119 e. The average Bonchev–Trinajstić information content (AvgIpc) is 2.51. The van der Waals surface area contributed by atoms with Gasteiger partial charge in [-0.3, -0.25) is 0 Å².